The minimum Gasteiger partial charge on any atom is -0.467 e. The number of carbonyl (C=O) groups excluding carboxylic acids is 2. The third-order valence-electron chi connectivity index (χ3n) is 7.49. The van der Waals surface area contributed by atoms with Crippen LogP contribution in [0.4, 0.5) is 0 Å². The monoisotopic (exact) mass is 472 g/mol. The van der Waals surface area contributed by atoms with Crippen LogP contribution in [0, 0.1) is 16.2 Å². The number of carbonyl (C=O) groups is 2. The maximum Gasteiger partial charge on any atom is 0.365 e. The first-order valence-electron chi connectivity index (χ1n) is 10.0. The zero-order chi connectivity index (χ0) is 21.6. The first-order chi connectivity index (χ1) is 14.2. The number of nitrogens with zero attached hydrogens (tertiary/aromatic N) is 1. The predicted octanol–water partition coefficient (Wildman–Crippen LogP) is 5.09. The molecule has 2 bridgehead atoms. The van der Waals surface area contributed by atoms with Crippen molar-refractivity contribution in [3.05, 3.63) is 58.5 Å². The van der Waals surface area contributed by atoms with E-state index in [-0.39, 0.29) is 16.7 Å². The molecule has 4 rings (SSSR count). The van der Waals surface area contributed by atoms with E-state index in [9.17, 15) is 9.59 Å². The maximum absolute atomic E-state index is 13.3. The average molecular weight is 473 g/mol. The minimum atomic E-state index is -0.586. The number of hydrogen-bond donors (Lipinski definition) is 1. The van der Waals surface area contributed by atoms with Crippen LogP contribution in [0.1, 0.15) is 56.2 Å². The lowest BCUT2D eigenvalue weighted by Gasteiger charge is -2.39. The van der Waals surface area contributed by atoms with E-state index in [1.54, 1.807) is 36.6 Å². The van der Waals surface area contributed by atoms with Gasteiger partial charge in [0.25, 0.3) is 0 Å². The lowest BCUT2D eigenvalue weighted by Crippen LogP contribution is -2.46. The molecule has 2 saturated carbocycles. The first-order valence-corrected chi connectivity index (χ1v) is 10.8. The standard InChI is InChI=1S/C23H25BrN2O4/c1-21(2)22(3)10-11-23(21,20(28)25-14-17-5-4-12-29-17)13-18(22)26-30-19(27)15-6-8-16(24)9-7-15/h4-9,12H,10-11,13-14H2,1-3H3,(H,25,28). The molecule has 6 nitrogen and oxygen atoms in total. The molecule has 1 aromatic heterocycles. The van der Waals surface area contributed by atoms with E-state index in [1.807, 2.05) is 6.07 Å². The summed E-state index contributed by atoms with van der Waals surface area (Å²) in [5.74, 6) is 0.209. The second kappa shape index (κ2) is 7.38. The summed E-state index contributed by atoms with van der Waals surface area (Å²) >= 11 is 3.35. The topological polar surface area (TPSA) is 80.9 Å². The van der Waals surface area contributed by atoms with Gasteiger partial charge in [0.15, 0.2) is 0 Å². The van der Waals surface area contributed by atoms with Crippen LogP contribution < -0.4 is 5.32 Å². The highest BCUT2D eigenvalue weighted by atomic mass is 79.9. The van der Waals surface area contributed by atoms with Gasteiger partial charge in [-0.25, -0.2) is 4.79 Å². The van der Waals surface area contributed by atoms with Gasteiger partial charge >= 0.3 is 5.97 Å². The van der Waals surface area contributed by atoms with E-state index in [1.165, 1.54) is 0 Å². The van der Waals surface area contributed by atoms with Crippen molar-refractivity contribution in [2.45, 2.75) is 46.6 Å². The van der Waals surface area contributed by atoms with Crippen molar-refractivity contribution in [1.29, 1.82) is 0 Å². The average Bonchev–Trinajstić information content (AvgIpc) is 3.35. The summed E-state index contributed by atoms with van der Waals surface area (Å²) in [5, 5.41) is 7.30. The van der Waals surface area contributed by atoms with E-state index in [0.717, 1.165) is 23.0 Å². The van der Waals surface area contributed by atoms with Gasteiger partial charge in [0, 0.05) is 16.3 Å². The Hall–Kier alpha value is -2.41. The molecule has 2 fully saturated rings. The van der Waals surface area contributed by atoms with Gasteiger partial charge in [-0.15, -0.1) is 0 Å². The lowest BCUT2D eigenvalue weighted by molar-refractivity contribution is -0.136. The first kappa shape index (κ1) is 20.8. The van der Waals surface area contributed by atoms with Gasteiger partial charge in [-0.2, -0.15) is 0 Å². The van der Waals surface area contributed by atoms with E-state index in [2.05, 4.69) is 47.2 Å². The van der Waals surface area contributed by atoms with Crippen molar-refractivity contribution in [1.82, 2.24) is 5.32 Å². The van der Waals surface area contributed by atoms with Crippen LogP contribution in [0.3, 0.4) is 0 Å². The van der Waals surface area contributed by atoms with Gasteiger partial charge in [-0.1, -0.05) is 41.9 Å². The lowest BCUT2D eigenvalue weighted by atomic mass is 9.64. The number of amides is 1. The molecule has 1 aromatic carbocycles. The molecule has 0 radical (unpaired) electrons. The van der Waals surface area contributed by atoms with Crippen LogP contribution in [-0.4, -0.2) is 17.6 Å². The number of rotatable bonds is 5. The maximum atomic E-state index is 13.3. The molecular formula is C23H25BrN2O4. The summed E-state index contributed by atoms with van der Waals surface area (Å²) in [6, 6.07) is 10.6. The zero-order valence-electron chi connectivity index (χ0n) is 17.3. The Balaban J connectivity index is 1.53. The van der Waals surface area contributed by atoms with E-state index in [0.29, 0.717) is 24.3 Å². The minimum absolute atomic E-state index is 0.00272. The Kier molecular flexibility index (Phi) is 5.12. The van der Waals surface area contributed by atoms with Crippen molar-refractivity contribution in [3.63, 3.8) is 0 Å². The summed E-state index contributed by atoms with van der Waals surface area (Å²) in [5.41, 5.74) is -0.0131. The second-order valence-corrected chi connectivity index (χ2v) is 9.82. The van der Waals surface area contributed by atoms with Gasteiger partial charge < -0.3 is 14.6 Å². The Morgan fingerprint density at radius 1 is 1.17 bits per heavy atom. The van der Waals surface area contributed by atoms with Gasteiger partial charge in [-0.05, 0) is 54.7 Å². The van der Waals surface area contributed by atoms with Crippen LogP contribution in [0.25, 0.3) is 0 Å². The van der Waals surface area contributed by atoms with Crippen LogP contribution in [-0.2, 0) is 16.2 Å². The molecule has 0 aliphatic heterocycles. The van der Waals surface area contributed by atoms with Gasteiger partial charge in [0.2, 0.25) is 5.91 Å². The molecule has 2 aliphatic rings. The molecule has 2 aliphatic carbocycles. The normalized spacial score (nSPS) is 27.9. The molecule has 7 heteroatoms. The number of furan rings is 1. The Bertz CT molecular complexity index is 997. The fourth-order valence-corrected chi connectivity index (χ4v) is 5.27. The van der Waals surface area contributed by atoms with Crippen molar-refractivity contribution in [2.75, 3.05) is 0 Å². The number of oxime groups is 1. The van der Waals surface area contributed by atoms with Gasteiger partial charge in [0.1, 0.15) is 5.76 Å². The van der Waals surface area contributed by atoms with Crippen molar-refractivity contribution in [2.24, 2.45) is 21.4 Å². The summed E-state index contributed by atoms with van der Waals surface area (Å²) in [6.45, 7) is 6.70. The van der Waals surface area contributed by atoms with E-state index in [4.69, 9.17) is 9.25 Å². The molecule has 2 aromatic rings. The number of fused-ring (bicyclic) bond motifs is 2. The molecule has 158 valence electrons. The Morgan fingerprint density at radius 3 is 2.57 bits per heavy atom. The highest BCUT2D eigenvalue weighted by Gasteiger charge is 2.71. The summed E-state index contributed by atoms with van der Waals surface area (Å²) in [7, 11) is 0. The molecule has 1 heterocycles. The molecule has 1 amide bonds. The third kappa shape index (κ3) is 3.11. The van der Waals surface area contributed by atoms with Crippen molar-refractivity contribution < 1.29 is 18.8 Å². The molecule has 30 heavy (non-hydrogen) atoms. The zero-order valence-corrected chi connectivity index (χ0v) is 18.9. The van der Waals surface area contributed by atoms with Crippen LogP contribution in [0.15, 0.2) is 56.7 Å². The van der Waals surface area contributed by atoms with Crippen LogP contribution in [0.2, 0.25) is 0 Å². The number of nitrogens with one attached hydrogen (secondary N) is 1. The largest absolute Gasteiger partial charge is 0.467 e. The van der Waals surface area contributed by atoms with Crippen LogP contribution >= 0.6 is 15.9 Å². The fourth-order valence-electron chi connectivity index (χ4n) is 5.01. The second-order valence-electron chi connectivity index (χ2n) is 8.90. The van der Waals surface area contributed by atoms with Crippen molar-refractivity contribution in [3.8, 4) is 0 Å². The predicted molar refractivity (Wildman–Crippen MR) is 116 cm³/mol. The molecule has 2 atom stereocenters. The van der Waals surface area contributed by atoms with Crippen LogP contribution in [0.5, 0.6) is 0 Å². The van der Waals surface area contributed by atoms with Gasteiger partial charge in [-0.3, -0.25) is 4.79 Å². The van der Waals surface area contributed by atoms with E-state index >= 15 is 0 Å². The highest BCUT2D eigenvalue weighted by Crippen LogP contribution is 2.71. The Labute approximate surface area is 184 Å². The summed E-state index contributed by atoms with van der Waals surface area (Å²) in [6.07, 6.45) is 3.67. The Morgan fingerprint density at radius 2 is 1.90 bits per heavy atom. The molecular weight excluding hydrogens is 448 g/mol. The van der Waals surface area contributed by atoms with Gasteiger partial charge in [0.05, 0.1) is 29.5 Å². The fraction of sp³-hybridized carbons (Fsp3) is 0.435. The smallest absolute Gasteiger partial charge is 0.365 e. The summed E-state index contributed by atoms with van der Waals surface area (Å²) < 4.78 is 6.22. The number of hydrogen-bond acceptors (Lipinski definition) is 5. The quantitative estimate of drug-likeness (QED) is 0.485. The number of benzene rings is 1. The van der Waals surface area contributed by atoms with E-state index < -0.39 is 11.4 Å². The van der Waals surface area contributed by atoms with Crippen molar-refractivity contribution >= 4 is 33.5 Å². The molecule has 0 saturated heterocycles. The molecule has 0 spiro atoms. The summed E-state index contributed by atoms with van der Waals surface area (Å²) in [4.78, 5) is 31.0. The number of halogens is 1. The SMILES string of the molecule is CC12CCC(C(=O)NCc3ccco3)(CC1=NOC(=O)c1ccc(Br)cc1)C2(C)C. The third-order valence-corrected chi connectivity index (χ3v) is 8.02. The molecule has 1 N–H and O–H groups in total. The highest BCUT2D eigenvalue weighted by molar-refractivity contribution is 9.10. The molecule has 2 unspecified atom stereocenters.